The van der Waals surface area contributed by atoms with Gasteiger partial charge in [-0.25, -0.2) is 0 Å². The van der Waals surface area contributed by atoms with Gasteiger partial charge in [0.2, 0.25) is 0 Å². The number of rotatable bonds is 3. The first-order valence-electron chi connectivity index (χ1n) is 5.45. The lowest BCUT2D eigenvalue weighted by Crippen LogP contribution is -2.09. The Morgan fingerprint density at radius 1 is 1.00 bits per heavy atom. The van der Waals surface area contributed by atoms with E-state index in [4.69, 9.17) is 4.74 Å². The summed E-state index contributed by atoms with van der Waals surface area (Å²) >= 11 is 0. The van der Waals surface area contributed by atoms with Crippen molar-refractivity contribution in [3.8, 4) is 5.75 Å². The summed E-state index contributed by atoms with van der Waals surface area (Å²) in [6.45, 7) is -4.89. The van der Waals surface area contributed by atoms with Crippen molar-refractivity contribution in [2.24, 2.45) is 0 Å². The number of benzene rings is 2. The predicted molar refractivity (Wildman–Crippen MR) is 68.6 cm³/mol. The van der Waals surface area contributed by atoms with Crippen molar-refractivity contribution in [3.63, 3.8) is 0 Å². The molecule has 0 heterocycles. The summed E-state index contributed by atoms with van der Waals surface area (Å²) in [6, 6.07) is 10.6. The highest BCUT2D eigenvalue weighted by Crippen LogP contribution is 2.23. The Kier molecular flexibility index (Phi) is 3.32. The molecule has 0 atom stereocenters. The van der Waals surface area contributed by atoms with Gasteiger partial charge in [0.05, 0.1) is 7.11 Å². The van der Waals surface area contributed by atoms with E-state index >= 15 is 0 Å². The summed E-state index contributed by atoms with van der Waals surface area (Å²) in [4.78, 5) is 0. The Morgan fingerprint density at radius 2 is 1.67 bits per heavy atom. The van der Waals surface area contributed by atoms with Crippen molar-refractivity contribution in [2.75, 3.05) is 7.11 Å². The monoisotopic (exact) mass is 251 g/mol. The number of hydrogen-bond acceptors (Lipinski definition) is 1. The molecule has 0 fully saturated rings. The molecule has 0 bridgehead atoms. The maximum absolute atomic E-state index is 12.1. The van der Waals surface area contributed by atoms with Gasteiger partial charge in [0, 0.05) is 0 Å². The minimum atomic E-state index is -4.89. The van der Waals surface area contributed by atoms with Crippen LogP contribution >= 0.6 is 0 Å². The van der Waals surface area contributed by atoms with E-state index < -0.39 is 6.98 Å². The van der Waals surface area contributed by atoms with Crippen molar-refractivity contribution in [2.45, 2.75) is 0 Å². The Morgan fingerprint density at radius 3 is 2.33 bits per heavy atom. The van der Waals surface area contributed by atoms with Crippen molar-refractivity contribution >= 4 is 23.8 Å². The fraction of sp³-hybridized carbons (Fsp3) is 0.0769. The molecule has 18 heavy (non-hydrogen) atoms. The first-order valence-corrected chi connectivity index (χ1v) is 5.45. The third-order valence-electron chi connectivity index (χ3n) is 2.58. The van der Waals surface area contributed by atoms with Gasteiger partial charge in [-0.1, -0.05) is 24.3 Å². The van der Waals surface area contributed by atoms with Crippen LogP contribution in [0.1, 0.15) is 5.56 Å². The summed E-state index contributed by atoms with van der Waals surface area (Å²) in [5.74, 6) is 1.02. The van der Waals surface area contributed by atoms with Gasteiger partial charge in [-0.2, -0.15) is 0 Å². The molecule has 0 saturated carbocycles. The van der Waals surface area contributed by atoms with Gasteiger partial charge in [0.25, 0.3) is 0 Å². The molecule has 0 aliphatic rings. The largest absolute Gasteiger partial charge is 0.502 e. The predicted octanol–water partition coefficient (Wildman–Crippen LogP) is 4.25. The molecule has 0 unspecified atom stereocenters. The third-order valence-corrected chi connectivity index (χ3v) is 2.58. The molecular weight excluding hydrogens is 240 g/mol. The topological polar surface area (TPSA) is 9.23 Å². The molecule has 5 heteroatoms. The lowest BCUT2D eigenvalue weighted by molar-refractivity contribution is 0.415. The average molecular weight is 251 g/mol. The number of fused-ring (bicyclic) bond motifs is 1. The zero-order valence-electron chi connectivity index (χ0n) is 9.74. The van der Waals surface area contributed by atoms with Crippen molar-refractivity contribution < 1.29 is 17.7 Å². The number of halogens is 3. The van der Waals surface area contributed by atoms with Crippen molar-refractivity contribution in [1.29, 1.82) is 0 Å². The second-order valence-electron chi connectivity index (χ2n) is 3.96. The highest BCUT2D eigenvalue weighted by atomic mass is 19.4. The molecule has 94 valence electrons. The molecule has 0 amide bonds. The van der Waals surface area contributed by atoms with Crippen LogP contribution in [0.3, 0.4) is 0 Å². The maximum Gasteiger partial charge on any atom is 0.502 e. The van der Waals surface area contributed by atoms with Gasteiger partial charge >= 0.3 is 6.98 Å². The van der Waals surface area contributed by atoms with Gasteiger partial charge in [0.15, 0.2) is 0 Å². The average Bonchev–Trinajstić information content (AvgIpc) is 2.34. The summed E-state index contributed by atoms with van der Waals surface area (Å²) in [7, 11) is 1.57. The Balaban J connectivity index is 2.36. The Labute approximate surface area is 103 Å². The molecule has 0 aliphatic carbocycles. The van der Waals surface area contributed by atoms with Crippen LogP contribution in [-0.2, 0) is 0 Å². The fourth-order valence-electron chi connectivity index (χ4n) is 1.69. The molecule has 0 spiro atoms. The number of hydrogen-bond donors (Lipinski definition) is 0. The van der Waals surface area contributed by atoms with Crippen LogP contribution in [0.4, 0.5) is 12.9 Å². The van der Waals surface area contributed by atoms with E-state index in [0.717, 1.165) is 22.6 Å². The molecule has 2 rings (SSSR count). The van der Waals surface area contributed by atoms with Crippen molar-refractivity contribution in [3.05, 3.63) is 47.9 Å². The van der Waals surface area contributed by atoms with Crippen LogP contribution in [0.15, 0.2) is 42.4 Å². The van der Waals surface area contributed by atoms with E-state index in [9.17, 15) is 12.9 Å². The quantitative estimate of drug-likeness (QED) is 0.741. The van der Waals surface area contributed by atoms with E-state index in [-0.39, 0.29) is 0 Å². The minimum Gasteiger partial charge on any atom is -0.497 e. The zero-order valence-corrected chi connectivity index (χ0v) is 9.74. The van der Waals surface area contributed by atoms with E-state index in [2.05, 4.69) is 0 Å². The third kappa shape index (κ3) is 3.06. The minimum absolute atomic E-state index is 0.296. The SMILES string of the molecule is COc1ccc2cc(/C=C/[B-](F)(F)F)ccc2c1. The Hall–Kier alpha value is -1.91. The summed E-state index contributed by atoms with van der Waals surface area (Å²) in [5.41, 5.74) is 0.534. The van der Waals surface area contributed by atoms with E-state index in [1.807, 2.05) is 12.1 Å². The molecule has 0 saturated heterocycles. The van der Waals surface area contributed by atoms with E-state index in [1.165, 1.54) is 0 Å². The lowest BCUT2D eigenvalue weighted by Gasteiger charge is -2.07. The fourth-order valence-corrected chi connectivity index (χ4v) is 1.69. The van der Waals surface area contributed by atoms with Crippen LogP contribution in [0.2, 0.25) is 0 Å². The lowest BCUT2D eigenvalue weighted by atomic mass is 9.90. The van der Waals surface area contributed by atoms with Gasteiger partial charge in [-0.05, 0) is 34.5 Å². The maximum atomic E-state index is 12.1. The highest BCUT2D eigenvalue weighted by Gasteiger charge is 2.16. The second kappa shape index (κ2) is 4.76. The van der Waals surface area contributed by atoms with E-state index in [1.54, 1.807) is 31.4 Å². The molecule has 0 aliphatic heterocycles. The summed E-state index contributed by atoms with van der Waals surface area (Å²) < 4.78 is 41.4. The van der Waals surface area contributed by atoms with Crippen LogP contribution in [0.5, 0.6) is 5.75 Å². The van der Waals surface area contributed by atoms with Crippen LogP contribution in [-0.4, -0.2) is 14.1 Å². The Bertz CT molecular complexity index is 590. The zero-order chi connectivity index (χ0) is 13.2. The molecule has 2 aromatic carbocycles. The first kappa shape index (κ1) is 12.5. The second-order valence-corrected chi connectivity index (χ2v) is 3.96. The van der Waals surface area contributed by atoms with Gasteiger partial charge in [-0.3, -0.25) is 0 Å². The highest BCUT2D eigenvalue weighted by molar-refractivity contribution is 6.64. The molecule has 0 radical (unpaired) electrons. The van der Waals surface area contributed by atoms with Gasteiger partial charge < -0.3 is 17.7 Å². The van der Waals surface area contributed by atoms with Crippen LogP contribution in [0, 0.1) is 0 Å². The summed E-state index contributed by atoms with van der Waals surface area (Å²) in [5, 5.41) is 1.82. The molecule has 0 aromatic heterocycles. The normalized spacial score (nSPS) is 12.2. The van der Waals surface area contributed by atoms with Crippen LogP contribution in [0.25, 0.3) is 16.8 Å². The van der Waals surface area contributed by atoms with Gasteiger partial charge in [-0.15, -0.1) is 5.98 Å². The van der Waals surface area contributed by atoms with Crippen LogP contribution < -0.4 is 4.74 Å². The number of ether oxygens (including phenoxy) is 1. The van der Waals surface area contributed by atoms with E-state index in [0.29, 0.717) is 11.5 Å². The summed E-state index contributed by atoms with van der Waals surface area (Å²) in [6.07, 6.45) is 1.09. The molecule has 2 aromatic rings. The molecule has 0 N–H and O–H groups in total. The first-order chi connectivity index (χ1) is 8.48. The standard InChI is InChI=1S/C13H11BF3O/c1-18-13-5-4-11-8-10(2-3-12(11)9-13)6-7-14(15,16)17/h2-9H,1H3/q-1/b7-6+. The molecule has 1 nitrogen and oxygen atoms in total. The molecular formula is C13H11BF3O-. The smallest absolute Gasteiger partial charge is 0.497 e. The van der Waals surface area contributed by atoms with Gasteiger partial charge in [0.1, 0.15) is 5.75 Å². The number of methoxy groups -OCH3 is 1. The van der Waals surface area contributed by atoms with Crippen molar-refractivity contribution in [1.82, 2.24) is 0 Å².